The van der Waals surface area contributed by atoms with E-state index in [-0.39, 0.29) is 5.60 Å². The molecule has 0 aliphatic carbocycles. The van der Waals surface area contributed by atoms with Crippen molar-refractivity contribution in [3.05, 3.63) is 0 Å². The number of ether oxygens (including phenoxy) is 2. The fourth-order valence-corrected chi connectivity index (χ4v) is 2.17. The first-order valence-electron chi connectivity index (χ1n) is 5.11. The van der Waals surface area contributed by atoms with Gasteiger partial charge < -0.3 is 9.47 Å². The molecular weight excluding hydrogens is 182 g/mol. The molecule has 2 rings (SSSR count). The highest BCUT2D eigenvalue weighted by Gasteiger charge is 2.38. The van der Waals surface area contributed by atoms with E-state index in [2.05, 4.69) is 4.90 Å². The van der Waals surface area contributed by atoms with Crippen LogP contribution >= 0.6 is 0 Å². The van der Waals surface area contributed by atoms with E-state index in [0.717, 1.165) is 26.1 Å². The van der Waals surface area contributed by atoms with Crippen molar-refractivity contribution >= 4 is 5.78 Å². The normalized spacial score (nSPS) is 34.2. The van der Waals surface area contributed by atoms with Gasteiger partial charge in [0.25, 0.3) is 0 Å². The maximum Gasteiger partial charge on any atom is 0.148 e. The summed E-state index contributed by atoms with van der Waals surface area (Å²) in [5, 5.41) is 0. The number of hydrogen-bond donors (Lipinski definition) is 0. The lowest BCUT2D eigenvalue weighted by Gasteiger charge is -2.30. The Morgan fingerprint density at radius 1 is 1.64 bits per heavy atom. The summed E-state index contributed by atoms with van der Waals surface area (Å²) < 4.78 is 10.9. The Hall–Kier alpha value is -0.450. The Bertz CT molecular complexity index is 223. The number of hydrogen-bond acceptors (Lipinski definition) is 4. The predicted molar refractivity (Wildman–Crippen MR) is 51.2 cm³/mol. The maximum absolute atomic E-state index is 11.1. The van der Waals surface area contributed by atoms with Crippen LogP contribution in [-0.4, -0.2) is 56.2 Å². The molecule has 0 N–H and O–H groups in total. The molecule has 1 unspecified atom stereocenters. The van der Waals surface area contributed by atoms with Crippen LogP contribution in [0.25, 0.3) is 0 Å². The van der Waals surface area contributed by atoms with Crippen LogP contribution in [0.1, 0.15) is 12.8 Å². The molecule has 0 aromatic heterocycles. The van der Waals surface area contributed by atoms with Gasteiger partial charge in [0, 0.05) is 39.6 Å². The van der Waals surface area contributed by atoms with Gasteiger partial charge >= 0.3 is 0 Å². The lowest BCUT2D eigenvalue weighted by atomic mass is 10.0. The Morgan fingerprint density at radius 3 is 3.00 bits per heavy atom. The number of carbonyl (C=O) groups excluding carboxylic acids is 1. The second-order valence-corrected chi connectivity index (χ2v) is 4.19. The highest BCUT2D eigenvalue weighted by Crippen LogP contribution is 2.24. The van der Waals surface area contributed by atoms with Gasteiger partial charge in [0.05, 0.1) is 13.2 Å². The molecule has 4 heteroatoms. The third-order valence-corrected chi connectivity index (χ3v) is 3.12. The molecule has 0 saturated carbocycles. The van der Waals surface area contributed by atoms with E-state index in [1.807, 2.05) is 0 Å². The van der Waals surface area contributed by atoms with Crippen LogP contribution in [0, 0.1) is 0 Å². The third-order valence-electron chi connectivity index (χ3n) is 3.12. The monoisotopic (exact) mass is 199 g/mol. The lowest BCUT2D eigenvalue weighted by Crippen LogP contribution is -2.44. The average Bonchev–Trinajstić information content (AvgIpc) is 2.77. The van der Waals surface area contributed by atoms with E-state index < -0.39 is 0 Å². The van der Waals surface area contributed by atoms with Crippen LogP contribution in [0.5, 0.6) is 0 Å². The molecule has 14 heavy (non-hydrogen) atoms. The summed E-state index contributed by atoms with van der Waals surface area (Å²) in [4.78, 5) is 13.3. The number of ketones is 1. The molecule has 2 heterocycles. The van der Waals surface area contributed by atoms with Gasteiger partial charge in [-0.15, -0.1) is 0 Å². The molecule has 2 saturated heterocycles. The van der Waals surface area contributed by atoms with Gasteiger partial charge in [0.15, 0.2) is 0 Å². The van der Waals surface area contributed by atoms with E-state index in [4.69, 9.17) is 9.47 Å². The largest absolute Gasteiger partial charge is 0.378 e. The molecule has 0 spiro atoms. The second-order valence-electron chi connectivity index (χ2n) is 4.19. The molecule has 0 aromatic carbocycles. The predicted octanol–water partition coefficient (Wildman–Crippen LogP) is 0.0667. The summed E-state index contributed by atoms with van der Waals surface area (Å²) in [5.41, 5.74) is -0.162. The summed E-state index contributed by atoms with van der Waals surface area (Å²) in [7, 11) is 1.73. The summed E-state index contributed by atoms with van der Waals surface area (Å²) in [5.74, 6) is 0.343. The van der Waals surface area contributed by atoms with E-state index in [0.29, 0.717) is 25.4 Å². The lowest BCUT2D eigenvalue weighted by molar-refractivity contribution is -0.117. The first-order chi connectivity index (χ1) is 6.74. The van der Waals surface area contributed by atoms with Crippen molar-refractivity contribution in [1.29, 1.82) is 0 Å². The molecule has 0 bridgehead atoms. The molecule has 0 aromatic rings. The maximum atomic E-state index is 11.1. The van der Waals surface area contributed by atoms with Crippen LogP contribution < -0.4 is 0 Å². The Morgan fingerprint density at radius 2 is 2.50 bits per heavy atom. The number of carbonyl (C=O) groups is 1. The van der Waals surface area contributed by atoms with Crippen molar-refractivity contribution in [1.82, 2.24) is 4.90 Å². The summed E-state index contributed by atoms with van der Waals surface area (Å²) in [6.07, 6.45) is 1.63. The first-order valence-corrected chi connectivity index (χ1v) is 5.11. The molecule has 0 radical (unpaired) electrons. The molecular formula is C10H17NO3. The van der Waals surface area contributed by atoms with Crippen molar-refractivity contribution in [3.63, 3.8) is 0 Å². The summed E-state index contributed by atoms with van der Waals surface area (Å²) in [6.45, 7) is 3.73. The number of rotatable bonds is 3. The van der Waals surface area contributed by atoms with Crippen LogP contribution in [-0.2, 0) is 14.3 Å². The zero-order valence-corrected chi connectivity index (χ0v) is 8.62. The minimum atomic E-state index is -0.162. The van der Waals surface area contributed by atoms with Gasteiger partial charge in [-0.05, 0) is 0 Å². The molecule has 2 aliphatic rings. The molecule has 2 aliphatic heterocycles. The average molecular weight is 199 g/mol. The highest BCUT2D eigenvalue weighted by molar-refractivity contribution is 5.82. The number of nitrogens with zero attached hydrogens (tertiary/aromatic N) is 1. The molecule has 2 fully saturated rings. The van der Waals surface area contributed by atoms with Crippen LogP contribution in [0.3, 0.4) is 0 Å². The van der Waals surface area contributed by atoms with Gasteiger partial charge in [-0.25, -0.2) is 0 Å². The van der Waals surface area contributed by atoms with Gasteiger partial charge in [-0.2, -0.15) is 0 Å². The van der Waals surface area contributed by atoms with Gasteiger partial charge in [-0.3, -0.25) is 9.69 Å². The number of methoxy groups -OCH3 is 1. The fourth-order valence-electron chi connectivity index (χ4n) is 2.17. The highest BCUT2D eigenvalue weighted by atomic mass is 16.5. The van der Waals surface area contributed by atoms with E-state index in [1.165, 1.54) is 0 Å². The van der Waals surface area contributed by atoms with Crippen molar-refractivity contribution in [3.8, 4) is 0 Å². The van der Waals surface area contributed by atoms with Crippen molar-refractivity contribution < 1.29 is 14.3 Å². The third kappa shape index (κ3) is 1.97. The quantitative estimate of drug-likeness (QED) is 0.644. The van der Waals surface area contributed by atoms with Crippen LogP contribution in [0.4, 0.5) is 0 Å². The molecule has 4 nitrogen and oxygen atoms in total. The Kier molecular flexibility index (Phi) is 2.85. The number of Topliss-reactive ketones (excluding diaryl/α,β-unsaturated/α-hetero) is 1. The van der Waals surface area contributed by atoms with Crippen molar-refractivity contribution in [2.45, 2.75) is 18.4 Å². The summed E-state index contributed by atoms with van der Waals surface area (Å²) in [6, 6.07) is 0. The molecule has 1 atom stereocenters. The SMILES string of the molecule is COC1(CN2CCC(=O)C2)CCOC1. The van der Waals surface area contributed by atoms with Gasteiger partial charge in [0.2, 0.25) is 0 Å². The van der Waals surface area contributed by atoms with Gasteiger partial charge in [0.1, 0.15) is 11.4 Å². The standard InChI is InChI=1S/C10H17NO3/c1-13-10(3-5-14-8-10)7-11-4-2-9(12)6-11/h2-8H2,1H3. The van der Waals surface area contributed by atoms with E-state index in [1.54, 1.807) is 7.11 Å². The second kappa shape index (κ2) is 3.96. The minimum absolute atomic E-state index is 0.162. The number of likely N-dealkylation sites (tertiary alicyclic amines) is 1. The summed E-state index contributed by atoms with van der Waals surface area (Å²) >= 11 is 0. The smallest absolute Gasteiger partial charge is 0.148 e. The van der Waals surface area contributed by atoms with Crippen molar-refractivity contribution in [2.24, 2.45) is 0 Å². The first kappa shape index (κ1) is 10.1. The Balaban J connectivity index is 1.91. The van der Waals surface area contributed by atoms with Crippen LogP contribution in [0.15, 0.2) is 0 Å². The fraction of sp³-hybridized carbons (Fsp3) is 0.900. The van der Waals surface area contributed by atoms with Gasteiger partial charge in [-0.1, -0.05) is 0 Å². The van der Waals surface area contributed by atoms with E-state index in [9.17, 15) is 4.79 Å². The minimum Gasteiger partial charge on any atom is -0.378 e. The molecule has 0 amide bonds. The van der Waals surface area contributed by atoms with Crippen LogP contribution in [0.2, 0.25) is 0 Å². The Labute approximate surface area is 84.2 Å². The molecule has 80 valence electrons. The zero-order chi connectivity index (χ0) is 10.0. The topological polar surface area (TPSA) is 38.8 Å². The van der Waals surface area contributed by atoms with Crippen molar-refractivity contribution in [2.75, 3.05) is 40.0 Å². The van der Waals surface area contributed by atoms with E-state index >= 15 is 0 Å². The zero-order valence-electron chi connectivity index (χ0n) is 8.62.